The van der Waals surface area contributed by atoms with E-state index in [1.807, 2.05) is 19.9 Å². The minimum absolute atomic E-state index is 0.119. The number of hydrogen-bond acceptors (Lipinski definition) is 3. The molecule has 0 aliphatic heterocycles. The summed E-state index contributed by atoms with van der Waals surface area (Å²) in [6, 6.07) is 7.09. The summed E-state index contributed by atoms with van der Waals surface area (Å²) in [6.45, 7) is 4.17. The van der Waals surface area contributed by atoms with Crippen molar-refractivity contribution < 1.29 is 13.4 Å². The van der Waals surface area contributed by atoms with Crippen molar-refractivity contribution in [1.29, 1.82) is 0 Å². The third kappa shape index (κ3) is 4.00. The van der Waals surface area contributed by atoms with E-state index in [4.69, 9.17) is 0 Å². The molecule has 118 valence electrons. The molecule has 0 fully saturated rings. The molecule has 0 saturated carbocycles. The Labute approximate surface area is 129 Å². The highest BCUT2D eigenvalue weighted by Gasteiger charge is 2.10. The quantitative estimate of drug-likeness (QED) is 0.869. The number of carbonyl (C=O) groups excluding carboxylic acids is 1. The van der Waals surface area contributed by atoms with Crippen LogP contribution >= 0.6 is 0 Å². The molecule has 1 aromatic carbocycles. The fraction of sp³-hybridized carbons (Fsp3) is 0.333. The molecule has 0 radical (unpaired) electrons. The van der Waals surface area contributed by atoms with Crippen molar-refractivity contribution in [1.82, 2.24) is 9.78 Å². The molecule has 0 spiro atoms. The van der Waals surface area contributed by atoms with Gasteiger partial charge in [-0.25, -0.2) is 8.60 Å². The van der Waals surface area contributed by atoms with Crippen LogP contribution in [0.25, 0.3) is 0 Å². The Bertz CT molecular complexity index is 803. The molecule has 2 rings (SSSR count). The Balaban J connectivity index is 2.10. The van der Waals surface area contributed by atoms with Gasteiger partial charge in [0.1, 0.15) is 5.82 Å². The van der Waals surface area contributed by atoms with Gasteiger partial charge in [-0.15, -0.1) is 0 Å². The average Bonchev–Trinajstić information content (AvgIpc) is 2.74. The first kappa shape index (κ1) is 16.4. The molecule has 0 N–H and O–H groups in total. The first-order chi connectivity index (χ1) is 10.3. The maximum absolute atomic E-state index is 12.9. The predicted octanol–water partition coefficient (Wildman–Crippen LogP) is 2.71. The Morgan fingerprint density at radius 2 is 1.95 bits per heavy atom. The van der Waals surface area contributed by atoms with Gasteiger partial charge >= 0.3 is 0 Å². The van der Waals surface area contributed by atoms with Gasteiger partial charge in [0.2, 0.25) is 0 Å². The zero-order valence-corrected chi connectivity index (χ0v) is 13.6. The topological polar surface area (TPSA) is 64.3 Å². The lowest BCUT2D eigenvalue weighted by molar-refractivity contribution is -0.117. The van der Waals surface area contributed by atoms with E-state index in [2.05, 4.69) is 9.46 Å². The number of hydrogen-bond donors (Lipinski definition) is 0. The number of aromatic nitrogens is 2. The first-order valence-electron chi connectivity index (χ1n) is 6.79. The smallest absolute Gasteiger partial charge is 0.255 e. The summed E-state index contributed by atoms with van der Waals surface area (Å²) in [4.78, 5) is 12.3. The Hall–Kier alpha value is -2.02. The second-order valence-electron chi connectivity index (χ2n) is 5.14. The van der Waals surface area contributed by atoms with E-state index in [9.17, 15) is 13.4 Å². The average molecular weight is 323 g/mol. The normalized spacial score (nSPS) is 13.6. The van der Waals surface area contributed by atoms with E-state index in [1.54, 1.807) is 4.68 Å². The van der Waals surface area contributed by atoms with Gasteiger partial charge in [0, 0.05) is 23.3 Å². The van der Waals surface area contributed by atoms with Gasteiger partial charge in [-0.05, 0) is 44.2 Å². The molecule has 0 bridgehead atoms. The van der Waals surface area contributed by atoms with E-state index in [0.29, 0.717) is 11.4 Å². The third-order valence-corrected chi connectivity index (χ3v) is 4.87. The maximum atomic E-state index is 12.9. The molecular weight excluding hydrogens is 305 g/mol. The third-order valence-electron chi connectivity index (χ3n) is 3.17. The number of carbonyl (C=O) groups is 1. The SMILES string of the molecule is Cc1cc(C)n(CCC(=O)N=S(C)(=O)c2ccc(F)cc2)n1. The van der Waals surface area contributed by atoms with Crippen LogP contribution in [-0.2, 0) is 21.1 Å². The highest BCUT2D eigenvalue weighted by molar-refractivity contribution is 7.93. The van der Waals surface area contributed by atoms with Crippen LogP contribution in [0.3, 0.4) is 0 Å². The summed E-state index contributed by atoms with van der Waals surface area (Å²) in [7, 11) is -2.86. The molecule has 0 saturated heterocycles. The van der Waals surface area contributed by atoms with E-state index < -0.39 is 21.5 Å². The Morgan fingerprint density at radius 3 is 2.50 bits per heavy atom. The monoisotopic (exact) mass is 323 g/mol. The Kier molecular flexibility index (Phi) is 4.75. The van der Waals surface area contributed by atoms with Crippen molar-refractivity contribution >= 4 is 15.6 Å². The predicted molar refractivity (Wildman–Crippen MR) is 82.5 cm³/mol. The molecule has 22 heavy (non-hydrogen) atoms. The van der Waals surface area contributed by atoms with Crippen LogP contribution in [0.15, 0.2) is 39.6 Å². The summed E-state index contributed by atoms with van der Waals surface area (Å²) >= 11 is 0. The number of nitrogens with zero attached hydrogens (tertiary/aromatic N) is 3. The zero-order valence-electron chi connectivity index (χ0n) is 12.7. The van der Waals surface area contributed by atoms with E-state index in [1.165, 1.54) is 30.5 Å². The van der Waals surface area contributed by atoms with Crippen molar-refractivity contribution in [3.63, 3.8) is 0 Å². The van der Waals surface area contributed by atoms with Crippen LogP contribution in [-0.4, -0.2) is 26.2 Å². The molecule has 1 amide bonds. The van der Waals surface area contributed by atoms with Gasteiger partial charge in [-0.1, -0.05) is 0 Å². The van der Waals surface area contributed by atoms with Gasteiger partial charge < -0.3 is 0 Å². The summed E-state index contributed by atoms with van der Waals surface area (Å²) < 4.78 is 30.9. The fourth-order valence-corrected chi connectivity index (χ4v) is 3.31. The molecule has 0 aliphatic carbocycles. The summed E-state index contributed by atoms with van der Waals surface area (Å²) in [6.07, 6.45) is 1.50. The van der Waals surface area contributed by atoms with Gasteiger partial charge in [0.15, 0.2) is 0 Å². The number of amides is 1. The van der Waals surface area contributed by atoms with Crippen molar-refractivity contribution in [3.8, 4) is 0 Å². The molecule has 1 atom stereocenters. The lowest BCUT2D eigenvalue weighted by Gasteiger charge is -2.05. The fourth-order valence-electron chi connectivity index (χ4n) is 2.08. The number of rotatable bonds is 4. The molecule has 5 nitrogen and oxygen atoms in total. The molecule has 2 aromatic rings. The van der Waals surface area contributed by atoms with Crippen LogP contribution in [0, 0.1) is 19.7 Å². The highest BCUT2D eigenvalue weighted by atomic mass is 32.2. The molecule has 1 unspecified atom stereocenters. The molecule has 1 heterocycles. The zero-order chi connectivity index (χ0) is 16.3. The largest absolute Gasteiger partial charge is 0.272 e. The molecule has 7 heteroatoms. The maximum Gasteiger partial charge on any atom is 0.255 e. The summed E-state index contributed by atoms with van der Waals surface area (Å²) in [5.41, 5.74) is 1.84. The van der Waals surface area contributed by atoms with Crippen molar-refractivity contribution in [3.05, 3.63) is 47.5 Å². The van der Waals surface area contributed by atoms with Crippen LogP contribution in [0.1, 0.15) is 17.8 Å². The van der Waals surface area contributed by atoms with Gasteiger partial charge in [0.25, 0.3) is 5.91 Å². The molecule has 0 aliphatic rings. The van der Waals surface area contributed by atoms with Crippen molar-refractivity contribution in [2.45, 2.75) is 31.7 Å². The molecular formula is C15H18FN3O2S. The summed E-state index contributed by atoms with van der Waals surface area (Å²) in [5.74, 6) is -0.876. The number of benzene rings is 1. The second kappa shape index (κ2) is 6.39. The highest BCUT2D eigenvalue weighted by Crippen LogP contribution is 2.13. The summed E-state index contributed by atoms with van der Waals surface area (Å²) in [5, 5.41) is 4.26. The van der Waals surface area contributed by atoms with Crippen LogP contribution < -0.4 is 0 Å². The van der Waals surface area contributed by atoms with Crippen molar-refractivity contribution in [2.24, 2.45) is 4.36 Å². The van der Waals surface area contributed by atoms with Gasteiger partial charge in [-0.2, -0.15) is 9.46 Å². The van der Waals surface area contributed by atoms with E-state index in [-0.39, 0.29) is 6.42 Å². The van der Waals surface area contributed by atoms with Gasteiger partial charge in [-0.3, -0.25) is 9.48 Å². The minimum Gasteiger partial charge on any atom is -0.272 e. The van der Waals surface area contributed by atoms with Crippen molar-refractivity contribution in [2.75, 3.05) is 6.26 Å². The minimum atomic E-state index is -2.86. The standard InChI is InChI=1S/C15H18FN3O2S/c1-11-10-12(2)19(17-11)9-8-15(20)18-22(3,21)14-6-4-13(16)5-7-14/h4-7,10H,8-9H2,1-3H3. The molecule has 1 aromatic heterocycles. The van der Waals surface area contributed by atoms with E-state index in [0.717, 1.165) is 11.4 Å². The lowest BCUT2D eigenvalue weighted by atomic mass is 10.4. The number of halogens is 1. The van der Waals surface area contributed by atoms with Crippen LogP contribution in [0.5, 0.6) is 0 Å². The Morgan fingerprint density at radius 1 is 1.32 bits per heavy atom. The van der Waals surface area contributed by atoms with Crippen LogP contribution in [0.4, 0.5) is 4.39 Å². The second-order valence-corrected chi connectivity index (χ2v) is 7.40. The lowest BCUT2D eigenvalue weighted by Crippen LogP contribution is -2.09. The van der Waals surface area contributed by atoms with E-state index >= 15 is 0 Å². The van der Waals surface area contributed by atoms with Crippen LogP contribution in [0.2, 0.25) is 0 Å². The van der Waals surface area contributed by atoms with Gasteiger partial charge in [0.05, 0.1) is 22.0 Å². The number of aryl methyl sites for hydroxylation is 3. The first-order valence-corrected chi connectivity index (χ1v) is 8.72.